The molecule has 0 spiro atoms. The number of benzene rings is 2. The summed E-state index contributed by atoms with van der Waals surface area (Å²) in [4.78, 5) is 15.5. The summed E-state index contributed by atoms with van der Waals surface area (Å²) < 4.78 is 12.9. The van der Waals surface area contributed by atoms with Gasteiger partial charge in [-0.15, -0.1) is 0 Å². The highest BCUT2D eigenvalue weighted by Crippen LogP contribution is 2.36. The van der Waals surface area contributed by atoms with Gasteiger partial charge in [0, 0.05) is 29.3 Å². The SMILES string of the molecule is CC(C)Oc1ccc(-c2nc(-c3cccc4c3c(Cl)cn4CCC(=O)O)no2)cc1Cl. The zero-order valence-electron chi connectivity index (χ0n) is 16.8. The quantitative estimate of drug-likeness (QED) is 0.368. The minimum atomic E-state index is -0.875. The summed E-state index contributed by atoms with van der Waals surface area (Å²) in [5.41, 5.74) is 2.16. The van der Waals surface area contributed by atoms with Gasteiger partial charge < -0.3 is 18.9 Å². The van der Waals surface area contributed by atoms with E-state index in [2.05, 4.69) is 10.1 Å². The number of hydrogen-bond donors (Lipinski definition) is 1. The van der Waals surface area contributed by atoms with Crippen LogP contribution in [-0.2, 0) is 11.3 Å². The Hall–Kier alpha value is -3.03. The molecule has 0 radical (unpaired) electrons. The smallest absolute Gasteiger partial charge is 0.305 e. The van der Waals surface area contributed by atoms with E-state index in [4.69, 9.17) is 37.6 Å². The summed E-state index contributed by atoms with van der Waals surface area (Å²) in [5, 5.41) is 14.8. The molecule has 0 amide bonds. The van der Waals surface area contributed by atoms with Gasteiger partial charge in [0.15, 0.2) is 0 Å². The zero-order chi connectivity index (χ0) is 22.1. The number of aromatic nitrogens is 3. The second-order valence-corrected chi connectivity index (χ2v) is 8.06. The second kappa shape index (κ2) is 8.61. The summed E-state index contributed by atoms with van der Waals surface area (Å²) in [7, 11) is 0. The van der Waals surface area contributed by atoms with Gasteiger partial charge in [-0.3, -0.25) is 4.79 Å². The molecule has 1 N–H and O–H groups in total. The van der Waals surface area contributed by atoms with E-state index in [0.29, 0.717) is 45.2 Å². The lowest BCUT2D eigenvalue weighted by atomic mass is 10.1. The van der Waals surface area contributed by atoms with E-state index in [1.807, 2.05) is 36.6 Å². The molecule has 0 aliphatic heterocycles. The van der Waals surface area contributed by atoms with E-state index in [9.17, 15) is 4.79 Å². The zero-order valence-corrected chi connectivity index (χ0v) is 18.3. The maximum atomic E-state index is 10.9. The molecular weight excluding hydrogens is 441 g/mol. The lowest BCUT2D eigenvalue weighted by Gasteiger charge is -2.11. The third-order valence-corrected chi connectivity index (χ3v) is 5.22. The van der Waals surface area contributed by atoms with Crippen molar-refractivity contribution in [2.45, 2.75) is 32.9 Å². The molecule has 4 aromatic rings. The van der Waals surface area contributed by atoms with E-state index >= 15 is 0 Å². The van der Waals surface area contributed by atoms with E-state index in [0.717, 1.165) is 10.9 Å². The molecule has 2 heterocycles. The molecule has 0 saturated carbocycles. The van der Waals surface area contributed by atoms with Gasteiger partial charge in [-0.25, -0.2) is 0 Å². The van der Waals surface area contributed by atoms with Crippen molar-refractivity contribution in [2.75, 3.05) is 0 Å². The Balaban J connectivity index is 1.69. The van der Waals surface area contributed by atoms with Crippen LogP contribution in [0, 0.1) is 0 Å². The van der Waals surface area contributed by atoms with Crippen LogP contribution in [0.2, 0.25) is 10.0 Å². The average molecular weight is 460 g/mol. The largest absolute Gasteiger partial charge is 0.489 e. The van der Waals surface area contributed by atoms with Crippen LogP contribution < -0.4 is 4.74 Å². The minimum absolute atomic E-state index is 0.00593. The fourth-order valence-electron chi connectivity index (χ4n) is 3.32. The third kappa shape index (κ3) is 4.38. The second-order valence-electron chi connectivity index (χ2n) is 7.25. The molecule has 0 aliphatic carbocycles. The van der Waals surface area contributed by atoms with Crippen molar-refractivity contribution in [1.29, 1.82) is 0 Å². The van der Waals surface area contributed by atoms with Gasteiger partial charge in [-0.05, 0) is 38.1 Å². The van der Waals surface area contributed by atoms with E-state index in [-0.39, 0.29) is 12.5 Å². The fourth-order valence-corrected chi connectivity index (χ4v) is 3.86. The molecule has 0 bridgehead atoms. The number of carbonyl (C=O) groups is 1. The summed E-state index contributed by atoms with van der Waals surface area (Å²) >= 11 is 12.8. The Morgan fingerprint density at radius 1 is 1.23 bits per heavy atom. The Kier molecular flexibility index (Phi) is 5.89. The van der Waals surface area contributed by atoms with Crippen LogP contribution in [0.15, 0.2) is 47.1 Å². The first-order valence-corrected chi connectivity index (χ1v) is 10.4. The van der Waals surface area contributed by atoms with E-state index in [1.165, 1.54) is 0 Å². The summed E-state index contributed by atoms with van der Waals surface area (Å²) in [6, 6.07) is 10.8. The minimum Gasteiger partial charge on any atom is -0.489 e. The van der Waals surface area contributed by atoms with Gasteiger partial charge in [0.1, 0.15) is 5.75 Å². The summed E-state index contributed by atoms with van der Waals surface area (Å²) in [6.07, 6.45) is 1.72. The molecule has 2 aromatic heterocycles. The van der Waals surface area contributed by atoms with Gasteiger partial charge >= 0.3 is 5.97 Å². The number of nitrogens with zero attached hydrogens (tertiary/aromatic N) is 3. The van der Waals surface area contributed by atoms with Gasteiger partial charge in [0.05, 0.1) is 28.1 Å². The van der Waals surface area contributed by atoms with Crippen LogP contribution in [0.3, 0.4) is 0 Å². The highest BCUT2D eigenvalue weighted by molar-refractivity contribution is 6.36. The molecule has 4 rings (SSSR count). The molecule has 0 fully saturated rings. The standard InChI is InChI=1S/C22H19Cl2N3O4/c1-12(2)30-18-7-6-13(10-15(18)23)22-25-21(26-31-22)14-4-3-5-17-20(14)16(24)11-27(17)9-8-19(28)29/h3-7,10-12H,8-9H2,1-2H3,(H,28,29). The number of rotatable bonds is 7. The van der Waals surface area contributed by atoms with Crippen molar-refractivity contribution in [3.63, 3.8) is 0 Å². The molecule has 0 atom stereocenters. The highest BCUT2D eigenvalue weighted by atomic mass is 35.5. The molecule has 9 heteroatoms. The van der Waals surface area contributed by atoms with E-state index in [1.54, 1.807) is 24.4 Å². The van der Waals surface area contributed by atoms with Crippen molar-refractivity contribution in [3.8, 4) is 28.6 Å². The lowest BCUT2D eigenvalue weighted by molar-refractivity contribution is -0.137. The Bertz CT molecular complexity index is 1260. The number of carboxylic acids is 1. The van der Waals surface area contributed by atoms with Crippen LogP contribution in [-0.4, -0.2) is 31.9 Å². The number of hydrogen-bond acceptors (Lipinski definition) is 5. The number of ether oxygens (including phenoxy) is 1. The van der Waals surface area contributed by atoms with Gasteiger partial charge in [0.2, 0.25) is 5.82 Å². The molecule has 31 heavy (non-hydrogen) atoms. The molecule has 0 aliphatic rings. The van der Waals surface area contributed by atoms with Crippen LogP contribution in [0.4, 0.5) is 0 Å². The molecule has 2 aromatic carbocycles. The van der Waals surface area contributed by atoms with Gasteiger partial charge in [-0.1, -0.05) is 40.5 Å². The molecule has 160 valence electrons. The molecule has 0 unspecified atom stereocenters. The van der Waals surface area contributed by atoms with Crippen LogP contribution in [0.1, 0.15) is 20.3 Å². The van der Waals surface area contributed by atoms with Crippen molar-refractivity contribution in [1.82, 2.24) is 14.7 Å². The number of halogens is 2. The first-order valence-electron chi connectivity index (χ1n) is 9.63. The lowest BCUT2D eigenvalue weighted by Crippen LogP contribution is -2.05. The molecular formula is C22H19Cl2N3O4. The highest BCUT2D eigenvalue weighted by Gasteiger charge is 2.18. The predicted molar refractivity (Wildman–Crippen MR) is 119 cm³/mol. The average Bonchev–Trinajstić information content (AvgIpc) is 3.33. The van der Waals surface area contributed by atoms with Crippen molar-refractivity contribution < 1.29 is 19.2 Å². The Morgan fingerprint density at radius 3 is 2.74 bits per heavy atom. The number of aliphatic carboxylic acids is 1. The Morgan fingerprint density at radius 2 is 2.03 bits per heavy atom. The molecule has 0 saturated heterocycles. The van der Waals surface area contributed by atoms with Gasteiger partial charge in [-0.2, -0.15) is 4.98 Å². The first kappa shape index (κ1) is 21.2. The van der Waals surface area contributed by atoms with Crippen LogP contribution in [0.5, 0.6) is 5.75 Å². The molecule has 7 nitrogen and oxygen atoms in total. The first-order chi connectivity index (χ1) is 14.8. The third-order valence-electron chi connectivity index (χ3n) is 4.63. The topological polar surface area (TPSA) is 90.4 Å². The van der Waals surface area contributed by atoms with Crippen molar-refractivity contribution in [2.24, 2.45) is 0 Å². The normalized spacial score (nSPS) is 11.4. The van der Waals surface area contributed by atoms with Crippen molar-refractivity contribution >= 4 is 40.1 Å². The maximum absolute atomic E-state index is 10.9. The van der Waals surface area contributed by atoms with Crippen molar-refractivity contribution in [3.05, 3.63) is 52.6 Å². The number of fused-ring (bicyclic) bond motifs is 1. The monoisotopic (exact) mass is 459 g/mol. The fraction of sp³-hybridized carbons (Fsp3) is 0.227. The number of carboxylic acid groups (broad SMARTS) is 1. The van der Waals surface area contributed by atoms with Crippen LogP contribution in [0.25, 0.3) is 33.7 Å². The summed E-state index contributed by atoms with van der Waals surface area (Å²) in [6.45, 7) is 4.16. The predicted octanol–water partition coefficient (Wildman–Crippen LogP) is 5.93. The van der Waals surface area contributed by atoms with Crippen LogP contribution >= 0.6 is 23.2 Å². The Labute approximate surface area is 188 Å². The van der Waals surface area contributed by atoms with Gasteiger partial charge in [0.25, 0.3) is 5.89 Å². The summed E-state index contributed by atoms with van der Waals surface area (Å²) in [5.74, 6) is 0.392. The van der Waals surface area contributed by atoms with E-state index < -0.39 is 5.97 Å². The number of aryl methyl sites for hydroxylation is 1. The maximum Gasteiger partial charge on any atom is 0.305 e.